The summed E-state index contributed by atoms with van der Waals surface area (Å²) >= 11 is 0. The third-order valence-electron chi connectivity index (χ3n) is 3.59. The number of allylic oxidation sites excluding steroid dienone is 1. The molecule has 2 aromatic carbocycles. The van der Waals surface area contributed by atoms with Crippen LogP contribution in [0.2, 0.25) is 0 Å². The third kappa shape index (κ3) is 8.04. The summed E-state index contributed by atoms with van der Waals surface area (Å²) in [6.45, 7) is 2.04. The lowest BCUT2D eigenvalue weighted by Gasteiger charge is -2.04. The summed E-state index contributed by atoms with van der Waals surface area (Å²) in [6.07, 6.45) is 8.61. The fraction of sp³-hybridized carbons (Fsp3) is 0.273. The number of rotatable bonds is 8. The highest BCUT2D eigenvalue weighted by Crippen LogP contribution is 2.01. The molecule has 0 saturated carbocycles. The van der Waals surface area contributed by atoms with Crippen LogP contribution in [-0.4, -0.2) is 6.54 Å². The van der Waals surface area contributed by atoms with Gasteiger partial charge in [0.15, 0.2) is 0 Å². The summed E-state index contributed by atoms with van der Waals surface area (Å²) in [4.78, 5) is 0. The van der Waals surface area contributed by atoms with Gasteiger partial charge in [-0.1, -0.05) is 78.9 Å². The van der Waals surface area contributed by atoms with E-state index in [4.69, 9.17) is 0 Å². The van der Waals surface area contributed by atoms with Crippen LogP contribution in [0.1, 0.15) is 36.8 Å². The van der Waals surface area contributed by atoms with E-state index in [9.17, 15) is 0 Å². The predicted octanol–water partition coefficient (Wildman–Crippen LogP) is 5.05. The normalized spacial score (nSPS) is 10.4. The fourth-order valence-electron chi connectivity index (χ4n) is 2.30. The van der Waals surface area contributed by atoms with Crippen molar-refractivity contribution >= 4 is 6.08 Å². The molecule has 0 heterocycles. The number of nitrogens with one attached hydrogen (secondary N) is 1. The first-order chi connectivity index (χ1) is 11.4. The zero-order valence-corrected chi connectivity index (χ0v) is 13.7. The van der Waals surface area contributed by atoms with Gasteiger partial charge in [0.25, 0.3) is 0 Å². The lowest BCUT2D eigenvalue weighted by Crippen LogP contribution is -2.14. The highest BCUT2D eigenvalue weighted by Gasteiger charge is 1.91. The highest BCUT2D eigenvalue weighted by molar-refractivity contribution is 5.52. The van der Waals surface area contributed by atoms with Gasteiger partial charge in [0.1, 0.15) is 0 Å². The van der Waals surface area contributed by atoms with Crippen LogP contribution in [0, 0.1) is 11.8 Å². The monoisotopic (exact) mass is 303 g/mol. The Kier molecular flexibility index (Phi) is 8.38. The molecule has 1 heteroatoms. The van der Waals surface area contributed by atoms with Crippen molar-refractivity contribution in [2.45, 2.75) is 32.2 Å². The van der Waals surface area contributed by atoms with Gasteiger partial charge in [-0.05, 0) is 42.7 Å². The second kappa shape index (κ2) is 11.3. The smallest absolute Gasteiger partial charge is 0.0205 e. The average molecular weight is 303 g/mol. The van der Waals surface area contributed by atoms with Crippen LogP contribution in [0.3, 0.4) is 0 Å². The molecule has 0 fully saturated rings. The minimum atomic E-state index is 0.963. The Bertz CT molecular complexity index is 617. The largest absolute Gasteiger partial charge is 0.313 e. The first-order valence-electron chi connectivity index (χ1n) is 8.40. The van der Waals surface area contributed by atoms with E-state index in [2.05, 4.69) is 65.7 Å². The molecule has 2 rings (SSSR count). The fourth-order valence-corrected chi connectivity index (χ4v) is 2.30. The zero-order chi connectivity index (χ0) is 16.0. The molecule has 0 radical (unpaired) electrons. The molecular weight excluding hydrogens is 278 g/mol. The van der Waals surface area contributed by atoms with Gasteiger partial charge in [-0.3, -0.25) is 0 Å². The molecule has 1 N–H and O–H groups in total. The highest BCUT2D eigenvalue weighted by atomic mass is 14.8. The Morgan fingerprint density at radius 3 is 2.35 bits per heavy atom. The first-order valence-corrected chi connectivity index (χ1v) is 8.40. The Balaban J connectivity index is 1.47. The molecule has 0 unspecified atom stereocenters. The quantitative estimate of drug-likeness (QED) is 0.531. The van der Waals surface area contributed by atoms with Crippen LogP contribution in [0.5, 0.6) is 0 Å². The summed E-state index contributed by atoms with van der Waals surface area (Å²) in [7, 11) is 0. The van der Waals surface area contributed by atoms with E-state index >= 15 is 0 Å². The van der Waals surface area contributed by atoms with Crippen molar-refractivity contribution in [1.82, 2.24) is 5.32 Å². The summed E-state index contributed by atoms with van der Waals surface area (Å²) in [5, 5.41) is 3.48. The predicted molar refractivity (Wildman–Crippen MR) is 99.9 cm³/mol. The van der Waals surface area contributed by atoms with E-state index in [-0.39, 0.29) is 0 Å². The van der Waals surface area contributed by atoms with E-state index in [1.807, 2.05) is 24.3 Å². The lowest BCUT2D eigenvalue weighted by atomic mass is 10.2. The summed E-state index contributed by atoms with van der Waals surface area (Å²) in [5.74, 6) is 6.33. The molecule has 0 spiro atoms. The SMILES string of the molecule is C(#CCCCCCNCc1ccccc1)/C=C/c1ccccc1. The second-order valence-corrected chi connectivity index (χ2v) is 5.54. The molecular formula is C22H25N. The zero-order valence-electron chi connectivity index (χ0n) is 13.7. The van der Waals surface area contributed by atoms with Gasteiger partial charge in [-0.15, -0.1) is 0 Å². The standard InChI is InChI=1S/C22H25N/c1(2-4-8-14-21-15-9-6-10-16-21)3-5-13-19-23-20-22-17-11-7-12-18-22/h6-12,14-18,23H,1,3,5,13,19-20H2/b14-8+. The summed E-state index contributed by atoms with van der Waals surface area (Å²) in [6, 6.07) is 20.8. The maximum atomic E-state index is 3.48. The maximum Gasteiger partial charge on any atom is 0.0205 e. The lowest BCUT2D eigenvalue weighted by molar-refractivity contribution is 0.608. The first kappa shape index (κ1) is 17.1. The van der Waals surface area contributed by atoms with Crippen LogP contribution in [0.4, 0.5) is 0 Å². The minimum Gasteiger partial charge on any atom is -0.313 e. The van der Waals surface area contributed by atoms with Gasteiger partial charge in [0.05, 0.1) is 0 Å². The molecule has 0 aromatic heterocycles. The van der Waals surface area contributed by atoms with Gasteiger partial charge in [0, 0.05) is 13.0 Å². The van der Waals surface area contributed by atoms with Gasteiger partial charge in [-0.25, -0.2) is 0 Å². The van der Waals surface area contributed by atoms with Crippen LogP contribution in [0.25, 0.3) is 6.08 Å². The van der Waals surface area contributed by atoms with E-state index in [1.54, 1.807) is 0 Å². The van der Waals surface area contributed by atoms with Crippen LogP contribution in [-0.2, 0) is 6.54 Å². The number of benzene rings is 2. The molecule has 0 saturated heterocycles. The van der Waals surface area contributed by atoms with Gasteiger partial charge in [-0.2, -0.15) is 0 Å². The van der Waals surface area contributed by atoms with Gasteiger partial charge >= 0.3 is 0 Å². The molecule has 0 atom stereocenters. The summed E-state index contributed by atoms with van der Waals surface area (Å²) in [5.41, 5.74) is 2.55. The average Bonchev–Trinajstić information content (AvgIpc) is 2.61. The molecule has 1 nitrogen and oxygen atoms in total. The van der Waals surface area contributed by atoms with E-state index < -0.39 is 0 Å². The molecule has 23 heavy (non-hydrogen) atoms. The molecule has 0 amide bonds. The van der Waals surface area contributed by atoms with Gasteiger partial charge in [0.2, 0.25) is 0 Å². The van der Waals surface area contributed by atoms with Crippen LogP contribution in [0.15, 0.2) is 66.7 Å². The van der Waals surface area contributed by atoms with Crippen LogP contribution >= 0.6 is 0 Å². The molecule has 118 valence electrons. The van der Waals surface area contributed by atoms with Crippen molar-refractivity contribution in [3.63, 3.8) is 0 Å². The third-order valence-corrected chi connectivity index (χ3v) is 3.59. The maximum absolute atomic E-state index is 3.48. The molecule has 0 aliphatic heterocycles. The summed E-state index contributed by atoms with van der Waals surface area (Å²) < 4.78 is 0. The Morgan fingerprint density at radius 1 is 0.826 bits per heavy atom. The molecule has 0 bridgehead atoms. The van der Waals surface area contributed by atoms with Crippen molar-refractivity contribution < 1.29 is 0 Å². The number of hydrogen-bond acceptors (Lipinski definition) is 1. The number of unbranched alkanes of at least 4 members (excludes halogenated alkanes) is 3. The Labute approximate surface area is 140 Å². The van der Waals surface area contributed by atoms with Crippen molar-refractivity contribution in [2.24, 2.45) is 0 Å². The van der Waals surface area contributed by atoms with E-state index in [1.165, 1.54) is 30.4 Å². The minimum absolute atomic E-state index is 0.963. The van der Waals surface area contributed by atoms with Crippen molar-refractivity contribution in [1.29, 1.82) is 0 Å². The van der Waals surface area contributed by atoms with Crippen molar-refractivity contribution in [3.8, 4) is 11.8 Å². The Hall–Kier alpha value is -2.30. The van der Waals surface area contributed by atoms with Crippen molar-refractivity contribution in [2.75, 3.05) is 6.54 Å². The van der Waals surface area contributed by atoms with E-state index in [0.29, 0.717) is 0 Å². The van der Waals surface area contributed by atoms with Crippen molar-refractivity contribution in [3.05, 3.63) is 77.9 Å². The second-order valence-electron chi connectivity index (χ2n) is 5.54. The van der Waals surface area contributed by atoms with Gasteiger partial charge < -0.3 is 5.32 Å². The molecule has 0 aliphatic rings. The molecule has 0 aliphatic carbocycles. The number of hydrogen-bond donors (Lipinski definition) is 1. The Morgan fingerprint density at radius 2 is 1.57 bits per heavy atom. The molecule has 2 aromatic rings. The topological polar surface area (TPSA) is 12.0 Å². The van der Waals surface area contributed by atoms with E-state index in [0.717, 1.165) is 19.5 Å². The van der Waals surface area contributed by atoms with Crippen LogP contribution < -0.4 is 5.32 Å².